The molecule has 0 aliphatic carbocycles. The van der Waals surface area contributed by atoms with Crippen LogP contribution in [0.4, 0.5) is 0 Å². The minimum Gasteiger partial charge on any atom is -0.318 e. The molecule has 0 unspecified atom stereocenters. The van der Waals surface area contributed by atoms with Crippen LogP contribution in [0.3, 0.4) is 0 Å². The minimum atomic E-state index is 0.494. The Morgan fingerprint density at radius 2 is 2.36 bits per heavy atom. The maximum absolute atomic E-state index is 5.78. The first-order chi connectivity index (χ1) is 5.29. The summed E-state index contributed by atoms with van der Waals surface area (Å²) in [7, 11) is 1.87. The fourth-order valence-corrected chi connectivity index (χ4v) is 1.20. The third-order valence-electron chi connectivity index (χ3n) is 1.63. The molecule has 0 aliphatic rings. The molecule has 11 heavy (non-hydrogen) atoms. The average Bonchev–Trinajstić information content (AvgIpc) is 2.30. The Balaban J connectivity index is 2.92. The first-order valence-corrected chi connectivity index (χ1v) is 3.59. The van der Waals surface area contributed by atoms with Gasteiger partial charge in [0.1, 0.15) is 5.52 Å². The first-order valence-electron chi connectivity index (χ1n) is 3.21. The topological polar surface area (TPSA) is 30.7 Å². The van der Waals surface area contributed by atoms with Crippen LogP contribution in [0.2, 0.25) is 5.28 Å². The molecule has 2 aromatic heterocycles. The summed E-state index contributed by atoms with van der Waals surface area (Å²) in [5.74, 6) is 0. The van der Waals surface area contributed by atoms with Crippen LogP contribution in [0.5, 0.6) is 0 Å². The summed E-state index contributed by atoms with van der Waals surface area (Å²) in [5, 5.41) is 0.494. The van der Waals surface area contributed by atoms with Crippen LogP contribution in [-0.2, 0) is 7.05 Å². The number of aryl methyl sites for hydroxylation is 1. The molecular formula is C7H6ClN3. The van der Waals surface area contributed by atoms with Gasteiger partial charge < -0.3 is 4.57 Å². The highest BCUT2D eigenvalue weighted by molar-refractivity contribution is 6.29. The van der Waals surface area contributed by atoms with E-state index in [1.54, 1.807) is 12.4 Å². The Morgan fingerprint density at radius 3 is 3.09 bits per heavy atom. The van der Waals surface area contributed by atoms with Gasteiger partial charge >= 0.3 is 0 Å². The SMILES string of the molecule is Cn1c(Cl)nc2cnccc21. The van der Waals surface area contributed by atoms with Crippen molar-refractivity contribution >= 4 is 22.6 Å². The van der Waals surface area contributed by atoms with Crippen molar-refractivity contribution in [3.8, 4) is 0 Å². The Bertz CT molecular complexity index is 393. The maximum atomic E-state index is 5.78. The molecule has 4 heteroatoms. The highest BCUT2D eigenvalue weighted by Gasteiger charge is 2.02. The van der Waals surface area contributed by atoms with E-state index in [0.29, 0.717) is 5.28 Å². The van der Waals surface area contributed by atoms with Crippen LogP contribution >= 0.6 is 11.6 Å². The molecule has 0 spiro atoms. The van der Waals surface area contributed by atoms with Gasteiger partial charge in [-0.25, -0.2) is 4.98 Å². The van der Waals surface area contributed by atoms with Crippen molar-refractivity contribution in [2.45, 2.75) is 0 Å². The van der Waals surface area contributed by atoms with E-state index in [0.717, 1.165) is 11.0 Å². The van der Waals surface area contributed by atoms with Crippen LogP contribution in [-0.4, -0.2) is 14.5 Å². The highest BCUT2D eigenvalue weighted by Crippen LogP contribution is 2.15. The molecule has 0 atom stereocenters. The summed E-state index contributed by atoms with van der Waals surface area (Å²) in [6.45, 7) is 0. The molecule has 2 heterocycles. The minimum absolute atomic E-state index is 0.494. The second-order valence-electron chi connectivity index (χ2n) is 2.30. The number of imidazole rings is 1. The zero-order valence-electron chi connectivity index (χ0n) is 5.95. The zero-order valence-corrected chi connectivity index (χ0v) is 6.71. The number of hydrogen-bond donors (Lipinski definition) is 0. The molecule has 0 bridgehead atoms. The molecule has 0 aliphatic heterocycles. The predicted molar refractivity (Wildman–Crippen MR) is 43.5 cm³/mol. The number of nitrogens with zero attached hydrogens (tertiary/aromatic N) is 3. The molecule has 2 aromatic rings. The zero-order chi connectivity index (χ0) is 7.84. The lowest BCUT2D eigenvalue weighted by Gasteiger charge is -1.91. The van der Waals surface area contributed by atoms with E-state index in [4.69, 9.17) is 11.6 Å². The van der Waals surface area contributed by atoms with Gasteiger partial charge in [-0.05, 0) is 17.7 Å². The van der Waals surface area contributed by atoms with Gasteiger partial charge in [0.2, 0.25) is 5.28 Å². The Kier molecular flexibility index (Phi) is 1.32. The Hall–Kier alpha value is -1.09. The van der Waals surface area contributed by atoms with Gasteiger partial charge in [0.25, 0.3) is 0 Å². The molecule has 0 amide bonds. The van der Waals surface area contributed by atoms with Gasteiger partial charge in [-0.1, -0.05) is 0 Å². The van der Waals surface area contributed by atoms with E-state index < -0.39 is 0 Å². The number of pyridine rings is 1. The van der Waals surface area contributed by atoms with Crippen molar-refractivity contribution in [3.05, 3.63) is 23.7 Å². The predicted octanol–water partition coefficient (Wildman–Crippen LogP) is 1.62. The van der Waals surface area contributed by atoms with Crippen LogP contribution in [0.15, 0.2) is 18.5 Å². The summed E-state index contributed by atoms with van der Waals surface area (Å²) in [4.78, 5) is 8.01. The summed E-state index contributed by atoms with van der Waals surface area (Å²) < 4.78 is 1.82. The van der Waals surface area contributed by atoms with Gasteiger partial charge in [-0.3, -0.25) is 4.98 Å². The molecule has 56 valence electrons. The summed E-state index contributed by atoms with van der Waals surface area (Å²) in [6.07, 6.45) is 3.42. The standard InChI is InChI=1S/C7H6ClN3/c1-11-6-2-3-9-4-5(6)10-7(11)8/h2-4H,1H3. The summed E-state index contributed by atoms with van der Waals surface area (Å²) in [6, 6.07) is 1.88. The Labute approximate surface area is 68.6 Å². The van der Waals surface area contributed by atoms with Crippen LogP contribution in [0.25, 0.3) is 11.0 Å². The van der Waals surface area contributed by atoms with Crippen LogP contribution in [0.1, 0.15) is 0 Å². The monoisotopic (exact) mass is 167 g/mol. The molecule has 0 aromatic carbocycles. The van der Waals surface area contributed by atoms with Crippen molar-refractivity contribution in [3.63, 3.8) is 0 Å². The fourth-order valence-electron chi connectivity index (χ4n) is 1.02. The molecule has 0 radical (unpaired) electrons. The lowest BCUT2D eigenvalue weighted by molar-refractivity contribution is 0.948. The van der Waals surface area contributed by atoms with E-state index >= 15 is 0 Å². The van der Waals surface area contributed by atoms with Gasteiger partial charge in [0, 0.05) is 13.2 Å². The molecular weight excluding hydrogens is 162 g/mol. The Morgan fingerprint density at radius 1 is 1.55 bits per heavy atom. The average molecular weight is 168 g/mol. The largest absolute Gasteiger partial charge is 0.318 e. The quantitative estimate of drug-likeness (QED) is 0.597. The van der Waals surface area contributed by atoms with E-state index in [1.807, 2.05) is 17.7 Å². The van der Waals surface area contributed by atoms with Crippen molar-refractivity contribution in [2.75, 3.05) is 0 Å². The molecule has 0 N–H and O–H groups in total. The van der Waals surface area contributed by atoms with Crippen molar-refractivity contribution in [2.24, 2.45) is 7.05 Å². The van der Waals surface area contributed by atoms with Crippen molar-refractivity contribution in [1.82, 2.24) is 14.5 Å². The van der Waals surface area contributed by atoms with E-state index in [2.05, 4.69) is 9.97 Å². The number of halogens is 1. The molecule has 0 saturated carbocycles. The lowest BCUT2D eigenvalue weighted by Crippen LogP contribution is -1.85. The van der Waals surface area contributed by atoms with Crippen LogP contribution < -0.4 is 0 Å². The third kappa shape index (κ3) is 0.886. The van der Waals surface area contributed by atoms with Gasteiger partial charge in [-0.2, -0.15) is 0 Å². The number of aromatic nitrogens is 3. The smallest absolute Gasteiger partial charge is 0.203 e. The number of hydrogen-bond acceptors (Lipinski definition) is 2. The fraction of sp³-hybridized carbons (Fsp3) is 0.143. The van der Waals surface area contributed by atoms with Crippen molar-refractivity contribution in [1.29, 1.82) is 0 Å². The second kappa shape index (κ2) is 2.20. The summed E-state index contributed by atoms with van der Waals surface area (Å²) in [5.41, 5.74) is 1.84. The van der Waals surface area contributed by atoms with Crippen LogP contribution in [0, 0.1) is 0 Å². The molecule has 2 rings (SSSR count). The molecule has 0 saturated heterocycles. The third-order valence-corrected chi connectivity index (χ3v) is 1.97. The first kappa shape index (κ1) is 6.61. The van der Waals surface area contributed by atoms with Crippen molar-refractivity contribution < 1.29 is 0 Å². The number of fused-ring (bicyclic) bond motifs is 1. The van der Waals surface area contributed by atoms with E-state index in [-0.39, 0.29) is 0 Å². The lowest BCUT2D eigenvalue weighted by atomic mass is 10.4. The van der Waals surface area contributed by atoms with E-state index in [9.17, 15) is 0 Å². The van der Waals surface area contributed by atoms with Gasteiger partial charge in [0.15, 0.2) is 0 Å². The second-order valence-corrected chi connectivity index (χ2v) is 2.64. The molecule has 3 nitrogen and oxygen atoms in total. The van der Waals surface area contributed by atoms with Gasteiger partial charge in [0.05, 0.1) is 11.7 Å². The van der Waals surface area contributed by atoms with E-state index in [1.165, 1.54) is 0 Å². The number of rotatable bonds is 0. The normalized spacial score (nSPS) is 10.7. The van der Waals surface area contributed by atoms with Gasteiger partial charge in [-0.15, -0.1) is 0 Å². The maximum Gasteiger partial charge on any atom is 0.203 e. The highest BCUT2D eigenvalue weighted by atomic mass is 35.5. The summed E-state index contributed by atoms with van der Waals surface area (Å²) >= 11 is 5.78. The molecule has 0 fully saturated rings.